The standard InChI is InChI=1S/C15H23NO3/c1-11-6-7-12(2)13(10-11)19-9-8-15(3,16-4)14(17)18-5/h6-7,10,16H,8-9H2,1-5H3. The van der Waals surface area contributed by atoms with Gasteiger partial charge in [-0.25, -0.2) is 0 Å². The van der Waals surface area contributed by atoms with Crippen LogP contribution < -0.4 is 10.1 Å². The summed E-state index contributed by atoms with van der Waals surface area (Å²) in [5.74, 6) is 0.586. The summed E-state index contributed by atoms with van der Waals surface area (Å²) in [5, 5.41) is 2.99. The number of carbonyl (C=O) groups is 1. The van der Waals surface area contributed by atoms with Gasteiger partial charge in [-0.2, -0.15) is 0 Å². The highest BCUT2D eigenvalue weighted by molar-refractivity contribution is 5.80. The molecule has 1 aromatic carbocycles. The zero-order valence-electron chi connectivity index (χ0n) is 12.4. The average molecular weight is 265 g/mol. The zero-order chi connectivity index (χ0) is 14.5. The molecular formula is C15H23NO3. The fourth-order valence-electron chi connectivity index (χ4n) is 1.78. The molecule has 1 unspecified atom stereocenters. The van der Waals surface area contributed by atoms with Crippen LogP contribution in [0.3, 0.4) is 0 Å². The molecule has 0 spiro atoms. The highest BCUT2D eigenvalue weighted by Gasteiger charge is 2.32. The molecule has 106 valence electrons. The van der Waals surface area contributed by atoms with Crippen LogP contribution in [0.5, 0.6) is 5.75 Å². The van der Waals surface area contributed by atoms with Gasteiger partial charge in [0.2, 0.25) is 0 Å². The molecule has 0 aliphatic rings. The largest absolute Gasteiger partial charge is 0.493 e. The van der Waals surface area contributed by atoms with Crippen LogP contribution in [0.1, 0.15) is 24.5 Å². The van der Waals surface area contributed by atoms with E-state index in [0.717, 1.165) is 16.9 Å². The van der Waals surface area contributed by atoms with Gasteiger partial charge in [0.15, 0.2) is 0 Å². The van der Waals surface area contributed by atoms with Gasteiger partial charge in [0.05, 0.1) is 13.7 Å². The number of likely N-dealkylation sites (N-methyl/N-ethyl adjacent to an activating group) is 1. The van der Waals surface area contributed by atoms with E-state index in [-0.39, 0.29) is 5.97 Å². The maximum atomic E-state index is 11.7. The third kappa shape index (κ3) is 3.96. The molecule has 0 heterocycles. The van der Waals surface area contributed by atoms with Gasteiger partial charge in [0, 0.05) is 6.42 Å². The summed E-state index contributed by atoms with van der Waals surface area (Å²) in [5.41, 5.74) is 1.53. The van der Waals surface area contributed by atoms with Gasteiger partial charge < -0.3 is 14.8 Å². The third-order valence-corrected chi connectivity index (χ3v) is 3.39. The van der Waals surface area contributed by atoms with Crippen molar-refractivity contribution in [3.05, 3.63) is 29.3 Å². The first kappa shape index (κ1) is 15.5. The van der Waals surface area contributed by atoms with E-state index in [9.17, 15) is 4.79 Å². The van der Waals surface area contributed by atoms with Crippen LogP contribution in [0.25, 0.3) is 0 Å². The first-order valence-electron chi connectivity index (χ1n) is 6.40. The summed E-state index contributed by atoms with van der Waals surface area (Å²) >= 11 is 0. The van der Waals surface area contributed by atoms with Gasteiger partial charge >= 0.3 is 5.97 Å². The molecule has 0 saturated heterocycles. The molecule has 1 aromatic rings. The lowest BCUT2D eigenvalue weighted by Crippen LogP contribution is -2.49. The van der Waals surface area contributed by atoms with E-state index in [0.29, 0.717) is 13.0 Å². The number of ether oxygens (including phenoxy) is 2. The van der Waals surface area contributed by atoms with Gasteiger partial charge in [-0.3, -0.25) is 4.79 Å². The highest BCUT2D eigenvalue weighted by Crippen LogP contribution is 2.20. The summed E-state index contributed by atoms with van der Waals surface area (Å²) in [6, 6.07) is 6.08. The van der Waals surface area contributed by atoms with E-state index < -0.39 is 5.54 Å². The Bertz CT molecular complexity index is 445. The minimum absolute atomic E-state index is 0.278. The van der Waals surface area contributed by atoms with Gasteiger partial charge in [-0.15, -0.1) is 0 Å². The summed E-state index contributed by atoms with van der Waals surface area (Å²) in [4.78, 5) is 11.7. The number of carbonyl (C=O) groups excluding carboxylic acids is 1. The fraction of sp³-hybridized carbons (Fsp3) is 0.533. The predicted octanol–water partition coefficient (Wildman–Crippen LogP) is 2.22. The molecule has 0 aliphatic heterocycles. The molecule has 1 rings (SSSR count). The quantitative estimate of drug-likeness (QED) is 0.801. The van der Waals surface area contributed by atoms with Crippen molar-refractivity contribution in [3.8, 4) is 5.75 Å². The van der Waals surface area contributed by atoms with Crippen molar-refractivity contribution >= 4 is 5.97 Å². The van der Waals surface area contributed by atoms with Gasteiger partial charge in [0.25, 0.3) is 0 Å². The maximum Gasteiger partial charge on any atom is 0.325 e. The van der Waals surface area contributed by atoms with Crippen molar-refractivity contribution in [1.29, 1.82) is 0 Å². The molecule has 1 N–H and O–H groups in total. The van der Waals surface area contributed by atoms with Gasteiger partial charge in [-0.05, 0) is 45.0 Å². The SMILES string of the molecule is CNC(C)(CCOc1cc(C)ccc1C)C(=O)OC. The first-order valence-corrected chi connectivity index (χ1v) is 6.40. The Labute approximate surface area is 115 Å². The number of methoxy groups -OCH3 is 1. The molecule has 19 heavy (non-hydrogen) atoms. The first-order chi connectivity index (χ1) is 8.92. The third-order valence-electron chi connectivity index (χ3n) is 3.39. The van der Waals surface area contributed by atoms with Crippen LogP contribution in [-0.4, -0.2) is 32.3 Å². The van der Waals surface area contributed by atoms with Crippen LogP contribution in [0, 0.1) is 13.8 Å². The molecule has 0 amide bonds. The topological polar surface area (TPSA) is 47.6 Å². The Hall–Kier alpha value is -1.55. The Morgan fingerprint density at radius 1 is 1.37 bits per heavy atom. The minimum atomic E-state index is -0.716. The molecule has 4 nitrogen and oxygen atoms in total. The number of esters is 1. The van der Waals surface area contributed by atoms with E-state index in [1.807, 2.05) is 39.0 Å². The molecule has 0 radical (unpaired) electrons. The smallest absolute Gasteiger partial charge is 0.325 e. The van der Waals surface area contributed by atoms with E-state index in [1.165, 1.54) is 7.11 Å². The maximum absolute atomic E-state index is 11.7. The van der Waals surface area contributed by atoms with E-state index >= 15 is 0 Å². The number of benzene rings is 1. The second kappa shape index (κ2) is 6.57. The van der Waals surface area contributed by atoms with Gasteiger partial charge in [-0.1, -0.05) is 12.1 Å². The molecule has 0 saturated carbocycles. The lowest BCUT2D eigenvalue weighted by Gasteiger charge is -2.26. The van der Waals surface area contributed by atoms with Crippen LogP contribution in [0.4, 0.5) is 0 Å². The van der Waals surface area contributed by atoms with E-state index in [2.05, 4.69) is 5.32 Å². The Morgan fingerprint density at radius 2 is 2.05 bits per heavy atom. The molecule has 0 aromatic heterocycles. The van der Waals surface area contributed by atoms with Gasteiger partial charge in [0.1, 0.15) is 11.3 Å². The average Bonchev–Trinajstić information content (AvgIpc) is 2.41. The molecule has 0 aliphatic carbocycles. The molecule has 0 fully saturated rings. The normalized spacial score (nSPS) is 13.7. The summed E-state index contributed by atoms with van der Waals surface area (Å²) in [6.45, 7) is 6.30. The predicted molar refractivity (Wildman–Crippen MR) is 75.5 cm³/mol. The van der Waals surface area contributed by atoms with Crippen molar-refractivity contribution in [3.63, 3.8) is 0 Å². The van der Waals surface area contributed by atoms with Crippen LogP contribution in [-0.2, 0) is 9.53 Å². The summed E-state index contributed by atoms with van der Waals surface area (Å²) in [7, 11) is 3.14. The molecule has 4 heteroatoms. The van der Waals surface area contributed by atoms with E-state index in [4.69, 9.17) is 9.47 Å². The molecule has 1 atom stereocenters. The lowest BCUT2D eigenvalue weighted by atomic mass is 9.99. The highest BCUT2D eigenvalue weighted by atomic mass is 16.5. The zero-order valence-corrected chi connectivity index (χ0v) is 12.4. The second-order valence-corrected chi connectivity index (χ2v) is 4.94. The van der Waals surface area contributed by atoms with E-state index in [1.54, 1.807) is 7.05 Å². The number of aryl methyl sites for hydroxylation is 2. The summed E-state index contributed by atoms with van der Waals surface area (Å²) < 4.78 is 10.6. The number of rotatable bonds is 6. The Kier molecular flexibility index (Phi) is 5.36. The monoisotopic (exact) mass is 265 g/mol. The number of hydrogen-bond acceptors (Lipinski definition) is 4. The summed E-state index contributed by atoms with van der Waals surface area (Å²) in [6.07, 6.45) is 0.545. The second-order valence-electron chi connectivity index (χ2n) is 4.94. The molecular weight excluding hydrogens is 242 g/mol. The Balaban J connectivity index is 2.62. The van der Waals surface area contributed by atoms with Crippen LogP contribution in [0.2, 0.25) is 0 Å². The van der Waals surface area contributed by atoms with Crippen molar-refractivity contribution < 1.29 is 14.3 Å². The van der Waals surface area contributed by atoms with Crippen molar-refractivity contribution in [2.45, 2.75) is 32.7 Å². The Morgan fingerprint density at radius 3 is 2.63 bits per heavy atom. The number of nitrogens with one attached hydrogen (secondary N) is 1. The molecule has 0 bridgehead atoms. The lowest BCUT2D eigenvalue weighted by molar-refractivity contribution is -0.148. The van der Waals surface area contributed by atoms with Crippen LogP contribution in [0.15, 0.2) is 18.2 Å². The minimum Gasteiger partial charge on any atom is -0.493 e. The van der Waals surface area contributed by atoms with Crippen molar-refractivity contribution in [2.75, 3.05) is 20.8 Å². The van der Waals surface area contributed by atoms with Crippen molar-refractivity contribution in [2.24, 2.45) is 0 Å². The number of hydrogen-bond donors (Lipinski definition) is 1. The van der Waals surface area contributed by atoms with Crippen LogP contribution >= 0.6 is 0 Å². The fourth-order valence-corrected chi connectivity index (χ4v) is 1.78. The van der Waals surface area contributed by atoms with Crippen molar-refractivity contribution in [1.82, 2.24) is 5.32 Å².